The van der Waals surface area contributed by atoms with Gasteiger partial charge in [-0.05, 0) is 30.2 Å². The molecule has 1 N–H and O–H groups in total. The van der Waals surface area contributed by atoms with Crippen LogP contribution in [0.5, 0.6) is 5.75 Å². The second-order valence-corrected chi connectivity index (χ2v) is 6.25. The summed E-state index contributed by atoms with van der Waals surface area (Å²) in [5, 5.41) is 9.25. The number of hydrogen-bond donors (Lipinski definition) is 1. The molecule has 2 aromatic rings. The van der Waals surface area contributed by atoms with E-state index in [1.165, 1.54) is 31.2 Å². The van der Waals surface area contributed by atoms with Crippen molar-refractivity contribution in [3.8, 4) is 5.75 Å². The number of benzene rings is 2. The molecule has 0 bridgehead atoms. The van der Waals surface area contributed by atoms with Crippen molar-refractivity contribution < 1.29 is 18.3 Å². The maximum atomic E-state index is 13.5. The van der Waals surface area contributed by atoms with Gasteiger partial charge in [-0.15, -0.1) is 11.8 Å². The first kappa shape index (κ1) is 15.8. The van der Waals surface area contributed by atoms with Crippen LogP contribution < -0.4 is 0 Å². The van der Waals surface area contributed by atoms with Crippen LogP contribution in [0.25, 0.3) is 0 Å². The van der Waals surface area contributed by atoms with Crippen molar-refractivity contribution in [2.75, 3.05) is 0 Å². The molecule has 0 radical (unpaired) electrons. The van der Waals surface area contributed by atoms with Gasteiger partial charge < -0.3 is 5.11 Å². The van der Waals surface area contributed by atoms with Gasteiger partial charge in [0.2, 0.25) is 0 Å². The van der Waals surface area contributed by atoms with Crippen LogP contribution in [-0.2, 0) is 10.5 Å². The van der Waals surface area contributed by atoms with Crippen molar-refractivity contribution in [3.05, 3.63) is 65.7 Å². The molecule has 0 saturated carbocycles. The number of rotatable bonds is 4. The standard InChI is InChI=1S/C16H15F3OS/c1-15(16(17,18)19,13-7-9-14(20)10-8-13)21-11-12-5-3-2-4-6-12/h2-10,20H,11H2,1H3. The Morgan fingerprint density at radius 1 is 0.952 bits per heavy atom. The Morgan fingerprint density at radius 2 is 1.52 bits per heavy atom. The van der Waals surface area contributed by atoms with Crippen molar-refractivity contribution in [1.82, 2.24) is 0 Å². The van der Waals surface area contributed by atoms with E-state index in [1.54, 1.807) is 24.3 Å². The lowest BCUT2D eigenvalue weighted by atomic mass is 9.99. The molecule has 0 aliphatic rings. The van der Waals surface area contributed by atoms with Gasteiger partial charge in [-0.25, -0.2) is 0 Å². The Bertz CT molecular complexity index is 581. The summed E-state index contributed by atoms with van der Waals surface area (Å²) in [6.45, 7) is 1.17. The summed E-state index contributed by atoms with van der Waals surface area (Å²) < 4.78 is 38.5. The van der Waals surface area contributed by atoms with Crippen LogP contribution in [0.1, 0.15) is 18.1 Å². The molecule has 2 aromatic carbocycles. The first-order chi connectivity index (χ1) is 9.83. The molecule has 0 saturated heterocycles. The van der Waals surface area contributed by atoms with Gasteiger partial charge in [0.25, 0.3) is 0 Å². The van der Waals surface area contributed by atoms with Crippen molar-refractivity contribution in [1.29, 1.82) is 0 Å². The predicted molar refractivity (Wildman–Crippen MR) is 79.3 cm³/mol. The van der Waals surface area contributed by atoms with Crippen molar-refractivity contribution in [2.45, 2.75) is 23.6 Å². The summed E-state index contributed by atoms with van der Waals surface area (Å²) in [6.07, 6.45) is -4.39. The van der Waals surface area contributed by atoms with Gasteiger partial charge in [0.05, 0.1) is 0 Å². The Kier molecular flexibility index (Phi) is 4.52. The molecule has 112 valence electrons. The van der Waals surface area contributed by atoms with E-state index in [0.717, 1.165) is 17.3 Å². The molecule has 0 amide bonds. The third-order valence-electron chi connectivity index (χ3n) is 3.33. The first-order valence-electron chi connectivity index (χ1n) is 6.37. The van der Waals surface area contributed by atoms with Crippen LogP contribution in [0.2, 0.25) is 0 Å². The molecule has 5 heteroatoms. The fourth-order valence-electron chi connectivity index (χ4n) is 1.91. The summed E-state index contributed by atoms with van der Waals surface area (Å²) in [5.41, 5.74) is 0.977. The highest BCUT2D eigenvalue weighted by atomic mass is 32.2. The van der Waals surface area contributed by atoms with Crippen LogP contribution in [0.15, 0.2) is 54.6 Å². The number of phenolic OH excluding ortho intramolecular Hbond substituents is 1. The highest BCUT2D eigenvalue weighted by molar-refractivity contribution is 7.99. The summed E-state index contributed by atoms with van der Waals surface area (Å²) in [4.78, 5) is 0. The number of hydrogen-bond acceptors (Lipinski definition) is 2. The Labute approximate surface area is 125 Å². The minimum atomic E-state index is -4.39. The molecule has 2 rings (SSSR count). The molecule has 0 aliphatic heterocycles. The number of alkyl halides is 3. The highest BCUT2D eigenvalue weighted by Gasteiger charge is 2.52. The molecular weight excluding hydrogens is 297 g/mol. The minimum Gasteiger partial charge on any atom is -0.508 e. The quantitative estimate of drug-likeness (QED) is 0.847. The summed E-state index contributed by atoms with van der Waals surface area (Å²) >= 11 is 0.836. The maximum absolute atomic E-state index is 13.5. The molecule has 0 heterocycles. The van der Waals surface area contributed by atoms with Crippen molar-refractivity contribution in [2.24, 2.45) is 0 Å². The van der Waals surface area contributed by atoms with Crippen LogP contribution >= 0.6 is 11.8 Å². The topological polar surface area (TPSA) is 20.2 Å². The molecule has 21 heavy (non-hydrogen) atoms. The molecule has 1 atom stereocenters. The lowest BCUT2D eigenvalue weighted by Gasteiger charge is -2.32. The molecule has 0 aliphatic carbocycles. The summed E-state index contributed by atoms with van der Waals surface area (Å²) in [7, 11) is 0. The predicted octanol–water partition coefficient (Wildman–Crippen LogP) is 5.10. The number of halogens is 3. The Morgan fingerprint density at radius 3 is 2.05 bits per heavy atom. The third kappa shape index (κ3) is 3.53. The zero-order chi connectivity index (χ0) is 15.5. The van der Waals surface area contributed by atoms with Crippen LogP contribution in [-0.4, -0.2) is 11.3 Å². The van der Waals surface area contributed by atoms with E-state index in [2.05, 4.69) is 0 Å². The van der Waals surface area contributed by atoms with Crippen LogP contribution in [0, 0.1) is 0 Å². The van der Waals surface area contributed by atoms with E-state index in [-0.39, 0.29) is 17.1 Å². The van der Waals surface area contributed by atoms with E-state index in [0.29, 0.717) is 0 Å². The molecular formula is C16H15F3OS. The van der Waals surface area contributed by atoms with Gasteiger partial charge >= 0.3 is 6.18 Å². The largest absolute Gasteiger partial charge is 0.508 e. The zero-order valence-electron chi connectivity index (χ0n) is 11.4. The van der Waals surface area contributed by atoms with Crippen molar-refractivity contribution in [3.63, 3.8) is 0 Å². The van der Waals surface area contributed by atoms with E-state index in [9.17, 15) is 18.3 Å². The average Bonchev–Trinajstić information content (AvgIpc) is 2.45. The highest BCUT2D eigenvalue weighted by Crippen LogP contribution is 2.50. The van der Waals surface area contributed by atoms with E-state index >= 15 is 0 Å². The molecule has 1 nitrogen and oxygen atoms in total. The smallest absolute Gasteiger partial charge is 0.406 e. The zero-order valence-corrected chi connectivity index (χ0v) is 12.2. The lowest BCUT2D eigenvalue weighted by molar-refractivity contribution is -0.157. The van der Waals surface area contributed by atoms with Gasteiger partial charge in [-0.1, -0.05) is 42.5 Å². The average molecular weight is 312 g/mol. The fraction of sp³-hybridized carbons (Fsp3) is 0.250. The van der Waals surface area contributed by atoms with Crippen molar-refractivity contribution >= 4 is 11.8 Å². The van der Waals surface area contributed by atoms with E-state index < -0.39 is 10.9 Å². The van der Waals surface area contributed by atoms with Gasteiger partial charge in [0.1, 0.15) is 10.5 Å². The maximum Gasteiger partial charge on any atom is 0.406 e. The van der Waals surface area contributed by atoms with Gasteiger partial charge in [-0.3, -0.25) is 0 Å². The number of phenols is 1. The third-order valence-corrected chi connectivity index (χ3v) is 4.85. The normalized spacial score (nSPS) is 14.7. The second-order valence-electron chi connectivity index (χ2n) is 4.85. The molecule has 0 aromatic heterocycles. The van der Waals surface area contributed by atoms with Gasteiger partial charge in [0.15, 0.2) is 0 Å². The van der Waals surface area contributed by atoms with Gasteiger partial charge in [0, 0.05) is 5.75 Å². The molecule has 0 fully saturated rings. The van der Waals surface area contributed by atoms with Crippen LogP contribution in [0.3, 0.4) is 0 Å². The van der Waals surface area contributed by atoms with Gasteiger partial charge in [-0.2, -0.15) is 13.2 Å². The summed E-state index contributed by atoms with van der Waals surface area (Å²) in [6, 6.07) is 14.3. The molecule has 0 spiro atoms. The number of aromatic hydroxyl groups is 1. The first-order valence-corrected chi connectivity index (χ1v) is 7.35. The Balaban J connectivity index is 2.27. The fourth-order valence-corrected chi connectivity index (χ4v) is 3.02. The SMILES string of the molecule is CC(SCc1ccccc1)(c1ccc(O)cc1)C(F)(F)F. The van der Waals surface area contributed by atoms with E-state index in [1.807, 2.05) is 6.07 Å². The Hall–Kier alpha value is -1.62. The van der Waals surface area contributed by atoms with E-state index in [4.69, 9.17) is 0 Å². The number of thioether (sulfide) groups is 1. The summed E-state index contributed by atoms with van der Waals surface area (Å²) in [5.74, 6) is 0.217. The molecule has 1 unspecified atom stereocenters. The second kappa shape index (κ2) is 6.02. The lowest BCUT2D eigenvalue weighted by Crippen LogP contribution is -2.36. The van der Waals surface area contributed by atoms with Crippen LogP contribution in [0.4, 0.5) is 13.2 Å². The minimum absolute atomic E-state index is 0.0451. The monoisotopic (exact) mass is 312 g/mol.